The molecule has 2 aliphatic rings. The molecule has 0 spiro atoms. The Balaban J connectivity index is 1.28. The van der Waals surface area contributed by atoms with Gasteiger partial charge in [0, 0.05) is 30.9 Å². The van der Waals surface area contributed by atoms with Gasteiger partial charge in [0.1, 0.15) is 0 Å². The zero-order valence-corrected chi connectivity index (χ0v) is 16.3. The van der Waals surface area contributed by atoms with Crippen LogP contribution in [0.5, 0.6) is 0 Å². The number of benzene rings is 3. The Morgan fingerprint density at radius 2 is 1.72 bits per heavy atom. The van der Waals surface area contributed by atoms with Gasteiger partial charge in [-0.05, 0) is 58.5 Å². The second-order valence-corrected chi connectivity index (χ2v) is 7.97. The standard InChI is InChI=1S/C25H24N2O2/c28-21-11-13-27(14-12-21)16-17-7-9-20(10-8-17)26-25(29)23-15-19-5-1-3-18-4-2-6-22(23)24(18)19/h1-10,15,21,28H,11-14,16H2,(H,26,29). The van der Waals surface area contributed by atoms with Crippen LogP contribution in [-0.4, -0.2) is 35.1 Å². The van der Waals surface area contributed by atoms with Crippen LogP contribution in [0.1, 0.15) is 29.5 Å². The number of anilines is 1. The first kappa shape index (κ1) is 18.1. The largest absolute Gasteiger partial charge is 0.393 e. The summed E-state index contributed by atoms with van der Waals surface area (Å²) >= 11 is 0. The summed E-state index contributed by atoms with van der Waals surface area (Å²) < 4.78 is 0. The predicted molar refractivity (Wildman–Crippen MR) is 117 cm³/mol. The number of amides is 1. The molecule has 1 heterocycles. The number of carbonyl (C=O) groups excluding carboxylic acids is 1. The summed E-state index contributed by atoms with van der Waals surface area (Å²) in [6, 6.07) is 20.3. The van der Waals surface area contributed by atoms with Crippen molar-refractivity contribution in [2.75, 3.05) is 18.4 Å². The van der Waals surface area contributed by atoms with Crippen LogP contribution in [0.3, 0.4) is 0 Å². The molecule has 4 nitrogen and oxygen atoms in total. The van der Waals surface area contributed by atoms with E-state index in [1.807, 2.05) is 36.4 Å². The van der Waals surface area contributed by atoms with E-state index in [1.54, 1.807) is 0 Å². The van der Waals surface area contributed by atoms with E-state index >= 15 is 0 Å². The Labute approximate surface area is 170 Å². The number of rotatable bonds is 4. The maximum atomic E-state index is 12.9. The normalized spacial score (nSPS) is 16.8. The van der Waals surface area contributed by atoms with Crippen LogP contribution in [0.25, 0.3) is 22.4 Å². The topological polar surface area (TPSA) is 52.6 Å². The van der Waals surface area contributed by atoms with Gasteiger partial charge in [-0.25, -0.2) is 0 Å². The lowest BCUT2D eigenvalue weighted by atomic mass is 10.0. The van der Waals surface area contributed by atoms with Crippen LogP contribution in [0.2, 0.25) is 0 Å². The summed E-state index contributed by atoms with van der Waals surface area (Å²) in [6.45, 7) is 2.74. The molecule has 3 aromatic carbocycles. The number of aliphatic hydroxyl groups excluding tert-OH is 1. The first-order valence-electron chi connectivity index (χ1n) is 10.2. The van der Waals surface area contributed by atoms with Gasteiger partial charge in [0.15, 0.2) is 0 Å². The minimum atomic E-state index is -0.147. The molecule has 0 radical (unpaired) electrons. The zero-order chi connectivity index (χ0) is 19.8. The SMILES string of the molecule is O=C(Nc1ccc(CN2CCC(O)CC2)cc1)C1=Cc2cccc3cccc1c23. The molecule has 2 N–H and O–H groups in total. The van der Waals surface area contributed by atoms with Gasteiger partial charge in [-0.15, -0.1) is 0 Å². The summed E-state index contributed by atoms with van der Waals surface area (Å²) in [7, 11) is 0. The monoisotopic (exact) mass is 384 g/mol. The third-order valence-electron chi connectivity index (χ3n) is 5.95. The van der Waals surface area contributed by atoms with E-state index in [0.29, 0.717) is 5.57 Å². The average molecular weight is 384 g/mol. The fraction of sp³-hybridized carbons (Fsp3) is 0.240. The number of piperidine rings is 1. The van der Waals surface area contributed by atoms with Gasteiger partial charge in [0.25, 0.3) is 5.91 Å². The van der Waals surface area contributed by atoms with Crippen LogP contribution in [0, 0.1) is 0 Å². The Morgan fingerprint density at radius 1 is 1.00 bits per heavy atom. The molecule has 29 heavy (non-hydrogen) atoms. The molecule has 0 bridgehead atoms. The third kappa shape index (κ3) is 3.57. The van der Waals surface area contributed by atoms with E-state index in [1.165, 1.54) is 5.56 Å². The van der Waals surface area contributed by atoms with E-state index in [0.717, 1.165) is 60.1 Å². The van der Waals surface area contributed by atoms with E-state index < -0.39 is 0 Å². The zero-order valence-electron chi connectivity index (χ0n) is 16.3. The number of aliphatic hydroxyl groups is 1. The Morgan fingerprint density at radius 3 is 2.48 bits per heavy atom. The molecule has 1 aliphatic heterocycles. The van der Waals surface area contributed by atoms with Gasteiger partial charge < -0.3 is 10.4 Å². The van der Waals surface area contributed by atoms with E-state index in [4.69, 9.17) is 0 Å². The highest BCUT2D eigenvalue weighted by Gasteiger charge is 2.22. The van der Waals surface area contributed by atoms with Crippen LogP contribution in [0.4, 0.5) is 5.69 Å². The minimum Gasteiger partial charge on any atom is -0.393 e. The second kappa shape index (κ2) is 7.47. The van der Waals surface area contributed by atoms with Gasteiger partial charge in [-0.2, -0.15) is 0 Å². The highest BCUT2D eigenvalue weighted by Crippen LogP contribution is 2.36. The summed E-state index contributed by atoms with van der Waals surface area (Å²) in [4.78, 5) is 15.3. The van der Waals surface area contributed by atoms with Crippen LogP contribution in [0.15, 0.2) is 60.7 Å². The number of hydrogen-bond donors (Lipinski definition) is 2. The summed E-state index contributed by atoms with van der Waals surface area (Å²) in [5.41, 5.74) is 4.84. The molecule has 1 fully saturated rings. The van der Waals surface area contributed by atoms with Crippen molar-refractivity contribution >= 4 is 34.0 Å². The maximum absolute atomic E-state index is 12.9. The summed E-state index contributed by atoms with van der Waals surface area (Å²) in [6.07, 6.45) is 3.52. The van der Waals surface area contributed by atoms with Gasteiger partial charge in [0.2, 0.25) is 0 Å². The first-order valence-corrected chi connectivity index (χ1v) is 10.2. The van der Waals surface area contributed by atoms with Gasteiger partial charge in [0.05, 0.1) is 6.10 Å². The minimum absolute atomic E-state index is 0.0773. The van der Waals surface area contributed by atoms with Crippen molar-refractivity contribution < 1.29 is 9.90 Å². The maximum Gasteiger partial charge on any atom is 0.256 e. The van der Waals surface area contributed by atoms with Crippen LogP contribution >= 0.6 is 0 Å². The van der Waals surface area contributed by atoms with E-state index in [2.05, 4.69) is 40.5 Å². The molecule has 146 valence electrons. The quantitative estimate of drug-likeness (QED) is 0.706. The summed E-state index contributed by atoms with van der Waals surface area (Å²) in [5, 5.41) is 15.0. The molecule has 1 saturated heterocycles. The van der Waals surface area contributed by atoms with E-state index in [-0.39, 0.29) is 12.0 Å². The Bertz CT molecular complexity index is 1090. The predicted octanol–water partition coefficient (Wildman–Crippen LogP) is 4.29. The number of nitrogens with one attached hydrogen (secondary N) is 1. The van der Waals surface area contributed by atoms with Crippen molar-refractivity contribution in [2.24, 2.45) is 0 Å². The number of carbonyl (C=O) groups is 1. The smallest absolute Gasteiger partial charge is 0.256 e. The van der Waals surface area contributed by atoms with Gasteiger partial charge in [-0.1, -0.05) is 48.5 Å². The molecule has 5 rings (SSSR count). The number of hydrogen-bond acceptors (Lipinski definition) is 3. The second-order valence-electron chi connectivity index (χ2n) is 7.97. The van der Waals surface area contributed by atoms with Gasteiger partial charge >= 0.3 is 0 Å². The molecular weight excluding hydrogens is 360 g/mol. The molecule has 0 saturated carbocycles. The fourth-order valence-corrected chi connectivity index (χ4v) is 4.36. The van der Waals surface area contributed by atoms with Crippen LogP contribution < -0.4 is 5.32 Å². The lowest BCUT2D eigenvalue weighted by Crippen LogP contribution is -2.35. The van der Waals surface area contributed by atoms with Crippen molar-refractivity contribution in [3.8, 4) is 0 Å². The molecule has 4 heteroatoms. The number of nitrogens with zero attached hydrogens (tertiary/aromatic N) is 1. The van der Waals surface area contributed by atoms with Crippen molar-refractivity contribution in [1.29, 1.82) is 0 Å². The molecule has 1 amide bonds. The summed E-state index contributed by atoms with van der Waals surface area (Å²) in [5.74, 6) is -0.0773. The number of likely N-dealkylation sites (tertiary alicyclic amines) is 1. The first-order chi connectivity index (χ1) is 14.2. The highest BCUT2D eigenvalue weighted by molar-refractivity contribution is 6.34. The lowest BCUT2D eigenvalue weighted by Gasteiger charge is -2.29. The average Bonchev–Trinajstić information content (AvgIpc) is 3.12. The Hall–Kier alpha value is -2.95. The van der Waals surface area contributed by atoms with Gasteiger partial charge in [-0.3, -0.25) is 9.69 Å². The third-order valence-corrected chi connectivity index (χ3v) is 5.95. The molecule has 0 unspecified atom stereocenters. The van der Waals surface area contributed by atoms with Crippen molar-refractivity contribution in [3.63, 3.8) is 0 Å². The van der Waals surface area contributed by atoms with Crippen molar-refractivity contribution in [2.45, 2.75) is 25.5 Å². The molecule has 0 atom stereocenters. The highest BCUT2D eigenvalue weighted by atomic mass is 16.3. The molecule has 3 aromatic rings. The van der Waals surface area contributed by atoms with Crippen LogP contribution in [-0.2, 0) is 11.3 Å². The Kier molecular flexibility index (Phi) is 4.66. The molecular formula is C25H24N2O2. The molecule has 0 aromatic heterocycles. The van der Waals surface area contributed by atoms with Crippen molar-refractivity contribution in [3.05, 3.63) is 77.4 Å². The van der Waals surface area contributed by atoms with E-state index in [9.17, 15) is 9.90 Å². The fourth-order valence-electron chi connectivity index (χ4n) is 4.36. The molecule has 1 aliphatic carbocycles. The van der Waals surface area contributed by atoms with Crippen molar-refractivity contribution in [1.82, 2.24) is 4.90 Å². The lowest BCUT2D eigenvalue weighted by molar-refractivity contribution is -0.111.